The minimum absolute atomic E-state index is 0.0817. The average Bonchev–Trinajstić information content (AvgIpc) is 2.62. The summed E-state index contributed by atoms with van der Waals surface area (Å²) in [5, 5.41) is 4.34. The van der Waals surface area contributed by atoms with Crippen LogP contribution in [0.15, 0.2) is 40.0 Å². The number of benzene rings is 1. The van der Waals surface area contributed by atoms with Crippen LogP contribution in [0.1, 0.15) is 17.7 Å². The molecule has 0 saturated carbocycles. The zero-order valence-electron chi connectivity index (χ0n) is 14.0. The van der Waals surface area contributed by atoms with Gasteiger partial charge in [-0.1, -0.05) is 12.1 Å². The van der Waals surface area contributed by atoms with Crippen molar-refractivity contribution in [2.24, 2.45) is 0 Å². The van der Waals surface area contributed by atoms with E-state index in [1.165, 1.54) is 23.9 Å². The van der Waals surface area contributed by atoms with Gasteiger partial charge in [0.05, 0.1) is 31.8 Å². The first kappa shape index (κ1) is 17.6. The Morgan fingerprint density at radius 1 is 1.32 bits per heavy atom. The lowest BCUT2D eigenvalue weighted by Gasteiger charge is -2.16. The van der Waals surface area contributed by atoms with Crippen molar-refractivity contribution in [2.45, 2.75) is 30.9 Å². The fourth-order valence-corrected chi connectivity index (χ4v) is 4.28. The van der Waals surface area contributed by atoms with Gasteiger partial charge in [-0.25, -0.2) is 13.1 Å². The predicted molar refractivity (Wildman–Crippen MR) is 91.5 cm³/mol. The molecular formula is C17H20N2O5S. The molecule has 0 radical (unpaired) electrons. The Balaban J connectivity index is 1.71. The number of sulfone groups is 1. The minimum Gasteiger partial charge on any atom is -0.495 e. The van der Waals surface area contributed by atoms with Gasteiger partial charge in [0.2, 0.25) is 0 Å². The molecule has 0 bridgehead atoms. The molecule has 1 aromatic heterocycles. The van der Waals surface area contributed by atoms with Gasteiger partial charge < -0.3 is 9.47 Å². The van der Waals surface area contributed by atoms with Gasteiger partial charge in [-0.2, -0.15) is 5.10 Å². The largest absolute Gasteiger partial charge is 0.495 e. The van der Waals surface area contributed by atoms with Crippen LogP contribution in [0.25, 0.3) is 0 Å². The normalized spacial score (nSPS) is 14.1. The third-order valence-electron chi connectivity index (χ3n) is 4.09. The molecule has 0 amide bonds. The van der Waals surface area contributed by atoms with Crippen LogP contribution >= 0.6 is 0 Å². The Labute approximate surface area is 146 Å². The van der Waals surface area contributed by atoms with Crippen LogP contribution in [0.2, 0.25) is 0 Å². The Kier molecular flexibility index (Phi) is 5.19. The maximum atomic E-state index is 12.5. The molecule has 0 unspecified atom stereocenters. The summed E-state index contributed by atoms with van der Waals surface area (Å²) in [7, 11) is -2.05. The number of methoxy groups -OCH3 is 1. The molecule has 134 valence electrons. The number of fused-ring (bicyclic) bond motifs is 1. The zero-order valence-corrected chi connectivity index (χ0v) is 14.8. The Bertz CT molecular complexity index is 921. The van der Waals surface area contributed by atoms with Crippen molar-refractivity contribution in [2.75, 3.05) is 19.5 Å². The molecule has 0 fully saturated rings. The van der Waals surface area contributed by atoms with Gasteiger partial charge in [-0.15, -0.1) is 0 Å². The first-order valence-electron chi connectivity index (χ1n) is 8.05. The molecule has 2 heterocycles. The molecule has 3 rings (SSSR count). The number of hydrogen-bond acceptors (Lipinski definition) is 6. The lowest BCUT2D eigenvalue weighted by molar-refractivity contribution is 0.108. The lowest BCUT2D eigenvalue weighted by Crippen LogP contribution is -2.28. The molecule has 0 atom stereocenters. The zero-order chi connectivity index (χ0) is 17.9. The van der Waals surface area contributed by atoms with Gasteiger partial charge in [0, 0.05) is 24.6 Å². The smallest absolute Gasteiger partial charge is 0.267 e. The van der Waals surface area contributed by atoms with Gasteiger partial charge in [0.25, 0.3) is 5.56 Å². The number of aryl methyl sites for hydroxylation is 1. The third-order valence-corrected chi connectivity index (χ3v) is 5.93. The maximum Gasteiger partial charge on any atom is 0.267 e. The Morgan fingerprint density at radius 3 is 2.92 bits per heavy atom. The van der Waals surface area contributed by atoms with E-state index < -0.39 is 9.84 Å². The van der Waals surface area contributed by atoms with Crippen LogP contribution in [0.5, 0.6) is 5.75 Å². The second-order valence-corrected chi connectivity index (χ2v) is 7.88. The Morgan fingerprint density at radius 2 is 2.12 bits per heavy atom. The molecule has 0 spiro atoms. The molecule has 0 N–H and O–H groups in total. The Hall–Kier alpha value is -2.19. The summed E-state index contributed by atoms with van der Waals surface area (Å²) >= 11 is 0. The van der Waals surface area contributed by atoms with Crippen LogP contribution in [-0.2, 0) is 34.1 Å². The highest BCUT2D eigenvalue weighted by molar-refractivity contribution is 7.91. The standard InChI is InChI=1S/C17H20N2O5S/c1-23-15-5-2-3-6-16(15)25(21,22)10-4-8-19-17(20)11-13-12-24-9-7-14(13)18-19/h2-3,5-6,11H,4,7-10,12H2,1H3. The molecular weight excluding hydrogens is 344 g/mol. The van der Waals surface area contributed by atoms with Crippen LogP contribution < -0.4 is 10.3 Å². The SMILES string of the molecule is COc1ccccc1S(=O)(=O)CCCn1nc2c(cc1=O)COCC2. The summed E-state index contributed by atoms with van der Waals surface area (Å²) in [6.07, 6.45) is 0.956. The van der Waals surface area contributed by atoms with E-state index in [-0.39, 0.29) is 22.8 Å². The number of rotatable bonds is 6. The average molecular weight is 364 g/mol. The van der Waals surface area contributed by atoms with Crippen molar-refractivity contribution >= 4 is 9.84 Å². The summed E-state index contributed by atoms with van der Waals surface area (Å²) < 4.78 is 36.8. The molecule has 7 nitrogen and oxygen atoms in total. The molecule has 0 aliphatic carbocycles. The van der Waals surface area contributed by atoms with E-state index in [4.69, 9.17) is 9.47 Å². The van der Waals surface area contributed by atoms with E-state index in [2.05, 4.69) is 5.10 Å². The van der Waals surface area contributed by atoms with E-state index in [9.17, 15) is 13.2 Å². The summed E-state index contributed by atoms with van der Waals surface area (Å²) in [5.41, 5.74) is 1.42. The van der Waals surface area contributed by atoms with Crippen LogP contribution in [0.4, 0.5) is 0 Å². The van der Waals surface area contributed by atoms with E-state index in [0.29, 0.717) is 31.8 Å². The number of ether oxygens (including phenoxy) is 2. The topological polar surface area (TPSA) is 87.5 Å². The lowest BCUT2D eigenvalue weighted by atomic mass is 10.1. The number of hydrogen-bond donors (Lipinski definition) is 0. The van der Waals surface area contributed by atoms with Crippen molar-refractivity contribution in [3.8, 4) is 5.75 Å². The first-order chi connectivity index (χ1) is 12.0. The summed E-state index contributed by atoms with van der Waals surface area (Å²) in [4.78, 5) is 12.3. The highest BCUT2D eigenvalue weighted by Crippen LogP contribution is 2.24. The van der Waals surface area contributed by atoms with Crippen molar-refractivity contribution < 1.29 is 17.9 Å². The second kappa shape index (κ2) is 7.37. The fraction of sp³-hybridized carbons (Fsp3) is 0.412. The summed E-state index contributed by atoms with van der Waals surface area (Å²) in [6.45, 7) is 1.24. The molecule has 1 aliphatic rings. The van der Waals surface area contributed by atoms with Gasteiger partial charge >= 0.3 is 0 Å². The van der Waals surface area contributed by atoms with Gasteiger partial charge in [0.15, 0.2) is 9.84 Å². The monoisotopic (exact) mass is 364 g/mol. The molecule has 1 aliphatic heterocycles. The second-order valence-electron chi connectivity index (χ2n) is 5.80. The van der Waals surface area contributed by atoms with E-state index >= 15 is 0 Å². The van der Waals surface area contributed by atoms with Crippen molar-refractivity contribution in [1.29, 1.82) is 0 Å². The van der Waals surface area contributed by atoms with Crippen molar-refractivity contribution in [1.82, 2.24) is 9.78 Å². The predicted octanol–water partition coefficient (Wildman–Crippen LogP) is 1.19. The summed E-state index contributed by atoms with van der Waals surface area (Å²) in [5.74, 6) is 0.244. The van der Waals surface area contributed by atoms with Gasteiger partial charge in [-0.3, -0.25) is 4.79 Å². The van der Waals surface area contributed by atoms with E-state index in [1.807, 2.05) is 0 Å². The number of para-hydroxylation sites is 1. The molecule has 1 aromatic carbocycles. The molecule has 8 heteroatoms. The van der Waals surface area contributed by atoms with Crippen molar-refractivity contribution in [3.63, 3.8) is 0 Å². The molecule has 2 aromatic rings. The minimum atomic E-state index is -3.49. The van der Waals surface area contributed by atoms with E-state index in [0.717, 1.165) is 11.3 Å². The highest BCUT2D eigenvalue weighted by Gasteiger charge is 2.19. The van der Waals surface area contributed by atoms with Gasteiger partial charge in [0.1, 0.15) is 10.6 Å². The maximum absolute atomic E-state index is 12.5. The van der Waals surface area contributed by atoms with Crippen LogP contribution in [0.3, 0.4) is 0 Å². The first-order valence-corrected chi connectivity index (χ1v) is 9.70. The van der Waals surface area contributed by atoms with Crippen LogP contribution in [-0.4, -0.2) is 37.7 Å². The van der Waals surface area contributed by atoms with Gasteiger partial charge in [-0.05, 0) is 18.6 Å². The summed E-state index contributed by atoms with van der Waals surface area (Å²) in [6, 6.07) is 8.04. The van der Waals surface area contributed by atoms with Crippen LogP contribution in [0, 0.1) is 0 Å². The highest BCUT2D eigenvalue weighted by atomic mass is 32.2. The molecule has 25 heavy (non-hydrogen) atoms. The fourth-order valence-electron chi connectivity index (χ4n) is 2.80. The third kappa shape index (κ3) is 3.91. The quantitative estimate of drug-likeness (QED) is 0.765. The molecule has 0 saturated heterocycles. The van der Waals surface area contributed by atoms with E-state index in [1.54, 1.807) is 18.2 Å². The number of aromatic nitrogens is 2. The number of nitrogens with zero attached hydrogens (tertiary/aromatic N) is 2. The van der Waals surface area contributed by atoms with Crippen molar-refractivity contribution in [3.05, 3.63) is 51.9 Å².